The summed E-state index contributed by atoms with van der Waals surface area (Å²) in [6.07, 6.45) is 3.70. The molecule has 0 spiro atoms. The van der Waals surface area contributed by atoms with Gasteiger partial charge in [-0.3, -0.25) is 4.98 Å². The zero-order valence-corrected chi connectivity index (χ0v) is 12.7. The van der Waals surface area contributed by atoms with E-state index in [0.29, 0.717) is 6.54 Å². The van der Waals surface area contributed by atoms with Crippen molar-refractivity contribution in [3.05, 3.63) is 65.2 Å². The third kappa shape index (κ3) is 2.89. The van der Waals surface area contributed by atoms with Crippen molar-refractivity contribution in [3.63, 3.8) is 0 Å². The maximum atomic E-state index is 13.0. The lowest BCUT2D eigenvalue weighted by molar-refractivity contribution is 0.0355. The maximum Gasteiger partial charge on any atom is 0.141 e. The summed E-state index contributed by atoms with van der Waals surface area (Å²) in [6, 6.07) is 11.2. The van der Waals surface area contributed by atoms with Crippen molar-refractivity contribution in [2.45, 2.75) is 37.8 Å². The summed E-state index contributed by atoms with van der Waals surface area (Å²) >= 11 is 0. The predicted octanol–water partition coefficient (Wildman–Crippen LogP) is 3.10. The summed E-state index contributed by atoms with van der Waals surface area (Å²) in [7, 11) is 0. The molecule has 1 aliphatic rings. The van der Waals surface area contributed by atoms with E-state index in [2.05, 4.69) is 23.3 Å². The minimum Gasteiger partial charge on any atom is -0.384 e. The van der Waals surface area contributed by atoms with Crippen molar-refractivity contribution in [1.82, 2.24) is 10.3 Å². The topological polar surface area (TPSA) is 45.1 Å². The van der Waals surface area contributed by atoms with Gasteiger partial charge in [0.1, 0.15) is 11.4 Å². The Morgan fingerprint density at radius 3 is 2.86 bits per heavy atom. The van der Waals surface area contributed by atoms with E-state index < -0.39 is 5.60 Å². The van der Waals surface area contributed by atoms with Gasteiger partial charge < -0.3 is 10.4 Å². The molecular formula is C18H21FN2O. The molecule has 1 aromatic carbocycles. The standard InChI is InChI=1S/C18H21FN2O/c1-2-16(17-8-7-14(19)11-20-17)21-12-18(22)10-9-13-5-3-4-6-15(13)18/h3-8,11,16,21-22H,2,9-10,12H2,1H3. The molecule has 3 nitrogen and oxygen atoms in total. The van der Waals surface area contributed by atoms with Gasteiger partial charge in [0.25, 0.3) is 0 Å². The van der Waals surface area contributed by atoms with Crippen molar-refractivity contribution >= 4 is 0 Å². The zero-order valence-electron chi connectivity index (χ0n) is 12.7. The number of benzene rings is 1. The first-order chi connectivity index (χ1) is 10.6. The molecule has 2 N–H and O–H groups in total. The van der Waals surface area contributed by atoms with Gasteiger partial charge in [-0.05, 0) is 42.5 Å². The Balaban J connectivity index is 1.72. The SMILES string of the molecule is CCC(NCC1(O)CCc2ccccc21)c1ccc(F)cn1. The number of rotatable bonds is 5. The van der Waals surface area contributed by atoms with Gasteiger partial charge in [-0.15, -0.1) is 0 Å². The van der Waals surface area contributed by atoms with Crippen LogP contribution in [0.3, 0.4) is 0 Å². The lowest BCUT2D eigenvalue weighted by Gasteiger charge is -2.27. The third-order valence-corrected chi connectivity index (χ3v) is 4.48. The molecule has 2 unspecified atom stereocenters. The summed E-state index contributed by atoms with van der Waals surface area (Å²) in [5.41, 5.74) is 2.22. The maximum absolute atomic E-state index is 13.0. The Morgan fingerprint density at radius 1 is 1.32 bits per heavy atom. The molecule has 1 heterocycles. The molecule has 2 aromatic rings. The van der Waals surface area contributed by atoms with E-state index in [1.54, 1.807) is 6.07 Å². The first kappa shape index (κ1) is 15.1. The van der Waals surface area contributed by atoms with Gasteiger partial charge in [0, 0.05) is 12.6 Å². The summed E-state index contributed by atoms with van der Waals surface area (Å²) in [4.78, 5) is 4.14. The number of hydrogen-bond donors (Lipinski definition) is 2. The molecule has 0 aliphatic heterocycles. The minimum absolute atomic E-state index is 0.0115. The molecule has 116 valence electrons. The highest BCUT2D eigenvalue weighted by Crippen LogP contribution is 2.36. The Labute approximate surface area is 130 Å². The van der Waals surface area contributed by atoms with Crippen LogP contribution in [0.1, 0.15) is 42.6 Å². The van der Waals surface area contributed by atoms with Crippen molar-refractivity contribution < 1.29 is 9.50 Å². The first-order valence-corrected chi connectivity index (χ1v) is 7.78. The van der Waals surface area contributed by atoms with Gasteiger partial charge in [0.15, 0.2) is 0 Å². The van der Waals surface area contributed by atoms with Crippen molar-refractivity contribution in [3.8, 4) is 0 Å². The van der Waals surface area contributed by atoms with Crippen LogP contribution in [0.25, 0.3) is 0 Å². The van der Waals surface area contributed by atoms with Crippen LogP contribution in [-0.4, -0.2) is 16.6 Å². The Bertz CT molecular complexity index is 644. The van der Waals surface area contributed by atoms with Crippen LogP contribution in [0.5, 0.6) is 0 Å². The Kier molecular flexibility index (Phi) is 4.23. The number of aromatic nitrogens is 1. The van der Waals surface area contributed by atoms with Crippen LogP contribution >= 0.6 is 0 Å². The molecule has 22 heavy (non-hydrogen) atoms. The molecule has 0 saturated heterocycles. The van der Waals surface area contributed by atoms with Crippen LogP contribution in [0.2, 0.25) is 0 Å². The molecule has 1 aromatic heterocycles. The number of nitrogens with zero attached hydrogens (tertiary/aromatic N) is 1. The van der Waals surface area contributed by atoms with Crippen LogP contribution in [-0.2, 0) is 12.0 Å². The van der Waals surface area contributed by atoms with Gasteiger partial charge in [0.2, 0.25) is 0 Å². The normalized spacial score (nSPS) is 21.6. The molecule has 1 aliphatic carbocycles. The summed E-state index contributed by atoms with van der Waals surface area (Å²) < 4.78 is 13.0. The smallest absolute Gasteiger partial charge is 0.141 e. The second-order valence-electron chi connectivity index (χ2n) is 5.93. The number of halogens is 1. The van der Waals surface area contributed by atoms with E-state index in [9.17, 15) is 9.50 Å². The van der Waals surface area contributed by atoms with Crippen LogP contribution < -0.4 is 5.32 Å². The van der Waals surface area contributed by atoms with Crippen molar-refractivity contribution in [1.29, 1.82) is 0 Å². The quantitative estimate of drug-likeness (QED) is 0.892. The van der Waals surface area contributed by atoms with Gasteiger partial charge >= 0.3 is 0 Å². The summed E-state index contributed by atoms with van der Waals surface area (Å²) in [5.74, 6) is -0.332. The molecule has 0 saturated carbocycles. The number of fused-ring (bicyclic) bond motifs is 1. The molecule has 0 radical (unpaired) electrons. The molecule has 0 bridgehead atoms. The van der Waals surface area contributed by atoms with Gasteiger partial charge in [-0.25, -0.2) is 4.39 Å². The van der Waals surface area contributed by atoms with E-state index in [1.807, 2.05) is 18.2 Å². The van der Waals surface area contributed by atoms with E-state index in [0.717, 1.165) is 30.5 Å². The first-order valence-electron chi connectivity index (χ1n) is 7.78. The molecule has 3 rings (SSSR count). The lowest BCUT2D eigenvalue weighted by atomic mass is 9.95. The average Bonchev–Trinajstić information content (AvgIpc) is 2.88. The Hall–Kier alpha value is -1.78. The number of aryl methyl sites for hydroxylation is 1. The van der Waals surface area contributed by atoms with Crippen molar-refractivity contribution in [2.75, 3.05) is 6.54 Å². The second kappa shape index (κ2) is 6.15. The summed E-state index contributed by atoms with van der Waals surface area (Å²) in [5, 5.41) is 14.3. The van der Waals surface area contributed by atoms with E-state index in [4.69, 9.17) is 0 Å². The van der Waals surface area contributed by atoms with E-state index in [-0.39, 0.29) is 11.9 Å². The predicted molar refractivity (Wildman–Crippen MR) is 83.9 cm³/mol. The van der Waals surface area contributed by atoms with Gasteiger partial charge in [0.05, 0.1) is 11.9 Å². The number of aliphatic hydroxyl groups is 1. The van der Waals surface area contributed by atoms with E-state index in [1.165, 1.54) is 17.8 Å². The highest BCUT2D eigenvalue weighted by atomic mass is 19.1. The number of pyridine rings is 1. The van der Waals surface area contributed by atoms with Crippen molar-refractivity contribution in [2.24, 2.45) is 0 Å². The molecule has 0 amide bonds. The fourth-order valence-electron chi connectivity index (χ4n) is 3.20. The van der Waals surface area contributed by atoms with Crippen LogP contribution in [0.4, 0.5) is 4.39 Å². The molecule has 0 fully saturated rings. The average molecular weight is 300 g/mol. The second-order valence-corrected chi connectivity index (χ2v) is 5.93. The molecule has 4 heteroatoms. The number of hydrogen-bond acceptors (Lipinski definition) is 3. The summed E-state index contributed by atoms with van der Waals surface area (Å²) in [6.45, 7) is 2.52. The van der Waals surface area contributed by atoms with Gasteiger partial charge in [-0.1, -0.05) is 31.2 Å². The lowest BCUT2D eigenvalue weighted by Crippen LogP contribution is -2.38. The third-order valence-electron chi connectivity index (χ3n) is 4.48. The largest absolute Gasteiger partial charge is 0.384 e. The van der Waals surface area contributed by atoms with E-state index >= 15 is 0 Å². The van der Waals surface area contributed by atoms with Crippen LogP contribution in [0, 0.1) is 5.82 Å². The van der Waals surface area contributed by atoms with Gasteiger partial charge in [-0.2, -0.15) is 0 Å². The minimum atomic E-state index is -0.829. The highest BCUT2D eigenvalue weighted by Gasteiger charge is 2.36. The highest BCUT2D eigenvalue weighted by molar-refractivity contribution is 5.37. The molecular weight excluding hydrogens is 279 g/mol. The number of nitrogens with one attached hydrogen (secondary N) is 1. The van der Waals surface area contributed by atoms with Crippen LogP contribution in [0.15, 0.2) is 42.6 Å². The Morgan fingerprint density at radius 2 is 2.14 bits per heavy atom. The monoisotopic (exact) mass is 300 g/mol. The molecule has 2 atom stereocenters. The zero-order chi connectivity index (χ0) is 15.6. The fourth-order valence-corrected chi connectivity index (χ4v) is 3.20. The fraction of sp³-hybridized carbons (Fsp3) is 0.389.